The molecule has 2 aromatic rings. The van der Waals surface area contributed by atoms with Crippen molar-refractivity contribution in [2.75, 3.05) is 5.73 Å². The summed E-state index contributed by atoms with van der Waals surface area (Å²) in [6.07, 6.45) is 0.112. The van der Waals surface area contributed by atoms with E-state index in [4.69, 9.17) is 10.8 Å². The van der Waals surface area contributed by atoms with Crippen molar-refractivity contribution in [1.82, 2.24) is 14.8 Å². The van der Waals surface area contributed by atoms with Crippen LogP contribution in [0.5, 0.6) is 0 Å². The van der Waals surface area contributed by atoms with Crippen LogP contribution in [-0.4, -0.2) is 25.8 Å². The van der Waals surface area contributed by atoms with E-state index in [1.807, 2.05) is 18.0 Å². The highest BCUT2D eigenvalue weighted by atomic mass is 16.4. The van der Waals surface area contributed by atoms with Gasteiger partial charge in [0.1, 0.15) is 12.2 Å². The van der Waals surface area contributed by atoms with Gasteiger partial charge in [0.05, 0.1) is 0 Å². The Morgan fingerprint density at radius 2 is 2.14 bits per heavy atom. The molecule has 0 amide bonds. The number of carboxylic acids is 1. The molecule has 1 aromatic carbocycles. The standard InChI is InChI=1S/C13H14N4O4/c1-7-2-3-8(9(14)4-7)5-10-12(20)15-13(21)17(16-10)6-11(18)19/h2-4H,5-6,14H2,1H3,(H,18,19)(H,15,20,21). The highest BCUT2D eigenvalue weighted by molar-refractivity contribution is 5.66. The Morgan fingerprint density at radius 1 is 1.43 bits per heavy atom. The number of aliphatic carboxylic acids is 1. The van der Waals surface area contributed by atoms with Crippen molar-refractivity contribution in [2.45, 2.75) is 19.9 Å². The molecule has 21 heavy (non-hydrogen) atoms. The van der Waals surface area contributed by atoms with Gasteiger partial charge >= 0.3 is 11.7 Å². The average Bonchev–Trinajstić information content (AvgIpc) is 2.37. The number of hydrogen-bond acceptors (Lipinski definition) is 5. The van der Waals surface area contributed by atoms with Crippen LogP contribution in [0.2, 0.25) is 0 Å². The third kappa shape index (κ3) is 3.35. The lowest BCUT2D eigenvalue weighted by atomic mass is 10.1. The fourth-order valence-electron chi connectivity index (χ4n) is 1.88. The summed E-state index contributed by atoms with van der Waals surface area (Å²) in [6.45, 7) is 1.27. The van der Waals surface area contributed by atoms with Crippen LogP contribution in [0.1, 0.15) is 16.8 Å². The molecule has 0 saturated carbocycles. The minimum atomic E-state index is -1.22. The molecule has 0 atom stereocenters. The Morgan fingerprint density at radius 3 is 2.76 bits per heavy atom. The number of nitrogens with two attached hydrogens (primary N) is 1. The summed E-state index contributed by atoms with van der Waals surface area (Å²) in [6, 6.07) is 5.36. The number of aryl methyl sites for hydroxylation is 1. The number of anilines is 1. The zero-order valence-electron chi connectivity index (χ0n) is 11.3. The summed E-state index contributed by atoms with van der Waals surface area (Å²) in [7, 11) is 0. The number of aromatic nitrogens is 3. The predicted molar refractivity (Wildman–Crippen MR) is 75.2 cm³/mol. The molecule has 8 nitrogen and oxygen atoms in total. The minimum absolute atomic E-state index is 0.0337. The molecule has 0 aliphatic rings. The van der Waals surface area contributed by atoms with Gasteiger partial charge in [-0.2, -0.15) is 5.10 Å². The summed E-state index contributed by atoms with van der Waals surface area (Å²) < 4.78 is 0.698. The maximum absolute atomic E-state index is 11.7. The molecular formula is C13H14N4O4. The van der Waals surface area contributed by atoms with Crippen LogP contribution in [0.25, 0.3) is 0 Å². The lowest BCUT2D eigenvalue weighted by Crippen LogP contribution is -2.36. The Kier molecular flexibility index (Phi) is 3.88. The largest absolute Gasteiger partial charge is 0.480 e. The maximum atomic E-state index is 11.7. The van der Waals surface area contributed by atoms with E-state index in [1.54, 1.807) is 12.1 Å². The first kappa shape index (κ1) is 14.5. The molecule has 0 saturated heterocycles. The number of nitrogens with zero attached hydrogens (tertiary/aromatic N) is 2. The maximum Gasteiger partial charge on any atom is 0.345 e. The molecule has 1 aromatic heterocycles. The van der Waals surface area contributed by atoms with Crippen molar-refractivity contribution >= 4 is 11.7 Å². The van der Waals surface area contributed by atoms with E-state index in [0.29, 0.717) is 15.9 Å². The summed E-state index contributed by atoms with van der Waals surface area (Å²) in [4.78, 5) is 35.9. The van der Waals surface area contributed by atoms with Gasteiger partial charge in [0.25, 0.3) is 5.56 Å². The number of carboxylic acid groups (broad SMARTS) is 1. The number of aromatic amines is 1. The summed E-state index contributed by atoms with van der Waals surface area (Å²) in [5, 5.41) is 12.5. The lowest BCUT2D eigenvalue weighted by molar-refractivity contribution is -0.138. The Balaban J connectivity index is 2.42. The molecule has 0 fully saturated rings. The molecule has 0 aliphatic carbocycles. The molecule has 4 N–H and O–H groups in total. The first-order valence-corrected chi connectivity index (χ1v) is 6.14. The highest BCUT2D eigenvalue weighted by Crippen LogP contribution is 2.15. The topological polar surface area (TPSA) is 131 Å². The van der Waals surface area contributed by atoms with Crippen molar-refractivity contribution in [1.29, 1.82) is 0 Å². The number of nitrogen functional groups attached to an aromatic ring is 1. The van der Waals surface area contributed by atoms with Gasteiger partial charge in [0, 0.05) is 12.1 Å². The van der Waals surface area contributed by atoms with Crippen LogP contribution in [-0.2, 0) is 17.8 Å². The van der Waals surface area contributed by atoms with Crippen molar-refractivity contribution in [3.63, 3.8) is 0 Å². The van der Waals surface area contributed by atoms with Gasteiger partial charge in [0.2, 0.25) is 0 Å². The second-order valence-corrected chi connectivity index (χ2v) is 4.64. The van der Waals surface area contributed by atoms with Crippen molar-refractivity contribution in [3.8, 4) is 0 Å². The smallest absolute Gasteiger partial charge is 0.345 e. The monoisotopic (exact) mass is 290 g/mol. The Labute approximate surface area is 118 Å². The van der Waals surface area contributed by atoms with Gasteiger partial charge in [-0.1, -0.05) is 12.1 Å². The third-order valence-electron chi connectivity index (χ3n) is 2.90. The summed E-state index contributed by atoms with van der Waals surface area (Å²) in [5.74, 6) is -1.22. The predicted octanol–water partition coefficient (Wildman–Crippen LogP) is -0.502. The van der Waals surface area contributed by atoms with Crippen molar-refractivity contribution in [3.05, 3.63) is 55.9 Å². The van der Waals surface area contributed by atoms with Crippen LogP contribution < -0.4 is 17.0 Å². The van der Waals surface area contributed by atoms with Gasteiger partial charge in [-0.3, -0.25) is 14.6 Å². The van der Waals surface area contributed by atoms with E-state index in [2.05, 4.69) is 5.10 Å². The van der Waals surface area contributed by atoms with Crippen LogP contribution in [0.3, 0.4) is 0 Å². The molecule has 0 spiro atoms. The van der Waals surface area contributed by atoms with Gasteiger partial charge in [-0.15, -0.1) is 0 Å². The van der Waals surface area contributed by atoms with Crippen LogP contribution >= 0.6 is 0 Å². The lowest BCUT2D eigenvalue weighted by Gasteiger charge is -2.07. The molecule has 0 radical (unpaired) electrons. The zero-order valence-corrected chi connectivity index (χ0v) is 11.3. The van der Waals surface area contributed by atoms with Crippen LogP contribution in [0.4, 0.5) is 5.69 Å². The van der Waals surface area contributed by atoms with Crippen LogP contribution in [0.15, 0.2) is 27.8 Å². The van der Waals surface area contributed by atoms with E-state index in [9.17, 15) is 14.4 Å². The quantitative estimate of drug-likeness (QED) is 0.650. The molecule has 1 heterocycles. The van der Waals surface area contributed by atoms with Gasteiger partial charge in [0.15, 0.2) is 0 Å². The van der Waals surface area contributed by atoms with Gasteiger partial charge in [-0.05, 0) is 24.1 Å². The summed E-state index contributed by atoms with van der Waals surface area (Å²) >= 11 is 0. The van der Waals surface area contributed by atoms with Crippen molar-refractivity contribution < 1.29 is 9.90 Å². The Bertz CT molecular complexity index is 807. The first-order valence-electron chi connectivity index (χ1n) is 6.14. The Hall–Kier alpha value is -2.90. The van der Waals surface area contributed by atoms with Crippen molar-refractivity contribution in [2.24, 2.45) is 0 Å². The van der Waals surface area contributed by atoms with Crippen LogP contribution in [0, 0.1) is 6.92 Å². The number of H-pyrrole nitrogens is 1. The fraction of sp³-hybridized carbons (Fsp3) is 0.231. The van der Waals surface area contributed by atoms with E-state index in [1.165, 1.54) is 0 Å². The number of benzene rings is 1. The van der Waals surface area contributed by atoms with Gasteiger partial charge in [-0.25, -0.2) is 9.48 Å². The number of rotatable bonds is 4. The molecule has 2 rings (SSSR count). The molecular weight excluding hydrogens is 276 g/mol. The highest BCUT2D eigenvalue weighted by Gasteiger charge is 2.11. The van der Waals surface area contributed by atoms with E-state index in [0.717, 1.165) is 5.56 Å². The fourth-order valence-corrected chi connectivity index (χ4v) is 1.88. The molecule has 0 bridgehead atoms. The number of nitrogens with one attached hydrogen (secondary N) is 1. The van der Waals surface area contributed by atoms with E-state index < -0.39 is 23.8 Å². The second-order valence-electron chi connectivity index (χ2n) is 4.64. The van der Waals surface area contributed by atoms with Gasteiger partial charge < -0.3 is 10.8 Å². The minimum Gasteiger partial charge on any atom is -0.480 e. The molecule has 110 valence electrons. The third-order valence-corrected chi connectivity index (χ3v) is 2.90. The summed E-state index contributed by atoms with van der Waals surface area (Å²) in [5.41, 5.74) is 6.56. The molecule has 0 aliphatic heterocycles. The normalized spacial score (nSPS) is 10.5. The number of hydrogen-bond donors (Lipinski definition) is 3. The SMILES string of the molecule is Cc1ccc(Cc2nn(CC(=O)O)c(=O)[nH]c2=O)c(N)c1. The first-order chi connectivity index (χ1) is 9.86. The number of carbonyl (C=O) groups is 1. The van der Waals surface area contributed by atoms with E-state index in [-0.39, 0.29) is 12.1 Å². The van der Waals surface area contributed by atoms with E-state index >= 15 is 0 Å². The molecule has 0 unspecified atom stereocenters. The zero-order chi connectivity index (χ0) is 15.6. The molecule has 8 heteroatoms. The second kappa shape index (κ2) is 5.61. The average molecular weight is 290 g/mol.